The van der Waals surface area contributed by atoms with Gasteiger partial charge in [-0.1, -0.05) is 6.07 Å². The molecule has 0 atom stereocenters. The Morgan fingerprint density at radius 3 is 2.86 bits per heavy atom. The Kier molecular flexibility index (Phi) is 4.17. The van der Waals surface area contributed by atoms with Gasteiger partial charge in [0.25, 0.3) is 0 Å². The summed E-state index contributed by atoms with van der Waals surface area (Å²) < 4.78 is 12.5. The van der Waals surface area contributed by atoms with Crippen molar-refractivity contribution in [2.45, 2.75) is 20.0 Å². The minimum atomic E-state index is -0.0373. The lowest BCUT2D eigenvalue weighted by Crippen LogP contribution is -2.33. The third-order valence-electron chi connectivity index (χ3n) is 3.40. The number of hydrogen-bond donors (Lipinski definition) is 0. The van der Waals surface area contributed by atoms with Crippen molar-refractivity contribution in [3.63, 3.8) is 0 Å². The number of rotatable bonds is 5. The summed E-state index contributed by atoms with van der Waals surface area (Å²) in [5.74, 6) is 1.44. The lowest BCUT2D eigenvalue weighted by atomic mass is 10.1. The molecule has 2 heterocycles. The van der Waals surface area contributed by atoms with Gasteiger partial charge in [-0.3, -0.25) is 4.79 Å². The summed E-state index contributed by atoms with van der Waals surface area (Å²) in [5, 5.41) is 10.8. The first-order valence-electron chi connectivity index (χ1n) is 7.13. The Balaban J connectivity index is 1.68. The molecule has 3 rings (SSSR count). The molecule has 1 aliphatic rings. The smallest absolute Gasteiger partial charge is 0.244 e. The van der Waals surface area contributed by atoms with E-state index in [1.54, 1.807) is 4.90 Å². The van der Waals surface area contributed by atoms with Gasteiger partial charge in [0.05, 0.1) is 0 Å². The third-order valence-corrected chi connectivity index (χ3v) is 3.40. The molecule has 0 aliphatic carbocycles. The zero-order chi connectivity index (χ0) is 15.4. The molecule has 22 heavy (non-hydrogen) atoms. The number of benzene rings is 1. The van der Waals surface area contributed by atoms with Crippen LogP contribution in [-0.4, -0.2) is 50.8 Å². The molecule has 1 aromatic heterocycles. The summed E-state index contributed by atoms with van der Waals surface area (Å²) in [7, 11) is 0. The maximum Gasteiger partial charge on any atom is 0.244 e. The van der Waals surface area contributed by atoms with E-state index >= 15 is 0 Å². The highest BCUT2D eigenvalue weighted by molar-refractivity contribution is 5.75. The van der Waals surface area contributed by atoms with Gasteiger partial charge in [-0.05, 0) is 35.0 Å². The maximum atomic E-state index is 12.3. The van der Waals surface area contributed by atoms with Gasteiger partial charge in [0.2, 0.25) is 5.91 Å². The normalized spacial score (nSPS) is 13.0. The van der Waals surface area contributed by atoms with Crippen molar-refractivity contribution < 1.29 is 14.3 Å². The van der Waals surface area contributed by atoms with E-state index in [0.29, 0.717) is 26.3 Å². The molecule has 0 saturated heterocycles. The molecule has 8 nitrogen and oxygen atoms in total. The second-order valence-corrected chi connectivity index (χ2v) is 4.89. The number of carbonyl (C=O) groups excluding carboxylic acids is 1. The fourth-order valence-electron chi connectivity index (χ4n) is 2.27. The van der Waals surface area contributed by atoms with Crippen LogP contribution in [-0.2, 0) is 17.9 Å². The highest BCUT2D eigenvalue weighted by Gasteiger charge is 2.16. The molecular weight excluding hydrogens is 286 g/mol. The van der Waals surface area contributed by atoms with Crippen molar-refractivity contribution in [1.29, 1.82) is 0 Å². The Labute approximate surface area is 127 Å². The summed E-state index contributed by atoms with van der Waals surface area (Å²) in [6.07, 6.45) is 1.43. The minimum absolute atomic E-state index is 0.0373. The van der Waals surface area contributed by atoms with E-state index in [-0.39, 0.29) is 12.5 Å². The molecule has 0 saturated carbocycles. The van der Waals surface area contributed by atoms with Crippen LogP contribution in [0.25, 0.3) is 0 Å². The number of nitrogens with zero attached hydrogens (tertiary/aromatic N) is 5. The van der Waals surface area contributed by atoms with Gasteiger partial charge in [0, 0.05) is 13.1 Å². The molecule has 1 aromatic carbocycles. The molecule has 8 heteroatoms. The third kappa shape index (κ3) is 3.16. The zero-order valence-electron chi connectivity index (χ0n) is 12.3. The molecule has 116 valence electrons. The molecule has 0 radical (unpaired) electrons. The van der Waals surface area contributed by atoms with E-state index in [2.05, 4.69) is 15.5 Å². The van der Waals surface area contributed by atoms with Crippen LogP contribution in [0.3, 0.4) is 0 Å². The van der Waals surface area contributed by atoms with Crippen molar-refractivity contribution in [3.05, 3.63) is 30.1 Å². The van der Waals surface area contributed by atoms with Crippen LogP contribution in [0.1, 0.15) is 12.5 Å². The van der Waals surface area contributed by atoms with Gasteiger partial charge < -0.3 is 14.4 Å². The predicted octanol–water partition coefficient (Wildman–Crippen LogP) is 0.493. The second-order valence-electron chi connectivity index (χ2n) is 4.89. The Bertz CT molecular complexity index is 644. The molecule has 0 spiro atoms. The van der Waals surface area contributed by atoms with Crippen LogP contribution in [0.4, 0.5) is 0 Å². The van der Waals surface area contributed by atoms with Gasteiger partial charge in [0.1, 0.15) is 26.1 Å². The van der Waals surface area contributed by atoms with E-state index < -0.39 is 0 Å². The second kappa shape index (κ2) is 6.42. The standard InChI is InChI=1S/C14H17N5O3/c1-2-18(14(20)9-19-10-15-16-17-19)8-11-3-4-12-13(7-11)22-6-5-21-12/h3-4,7,10H,2,5-6,8-9H2,1H3. The largest absolute Gasteiger partial charge is 0.486 e. The average Bonchev–Trinajstić information content (AvgIpc) is 3.05. The van der Waals surface area contributed by atoms with Crippen molar-refractivity contribution in [1.82, 2.24) is 25.1 Å². The molecule has 0 N–H and O–H groups in total. The number of tetrazole rings is 1. The number of fused-ring (bicyclic) bond motifs is 1. The highest BCUT2D eigenvalue weighted by Crippen LogP contribution is 2.31. The molecule has 0 unspecified atom stereocenters. The lowest BCUT2D eigenvalue weighted by molar-refractivity contribution is -0.132. The Morgan fingerprint density at radius 1 is 1.32 bits per heavy atom. The predicted molar refractivity (Wildman–Crippen MR) is 76.3 cm³/mol. The van der Waals surface area contributed by atoms with E-state index in [1.165, 1.54) is 11.0 Å². The van der Waals surface area contributed by atoms with E-state index in [1.807, 2.05) is 25.1 Å². The average molecular weight is 303 g/mol. The van der Waals surface area contributed by atoms with E-state index in [4.69, 9.17) is 9.47 Å². The molecule has 0 bridgehead atoms. The van der Waals surface area contributed by atoms with E-state index in [0.717, 1.165) is 17.1 Å². The van der Waals surface area contributed by atoms with Crippen LogP contribution in [0.5, 0.6) is 11.5 Å². The number of hydrogen-bond acceptors (Lipinski definition) is 6. The molecule has 2 aromatic rings. The summed E-state index contributed by atoms with van der Waals surface area (Å²) in [5.41, 5.74) is 0.996. The molecular formula is C14H17N5O3. The van der Waals surface area contributed by atoms with Crippen molar-refractivity contribution in [3.8, 4) is 11.5 Å². The summed E-state index contributed by atoms with van der Waals surface area (Å²) in [4.78, 5) is 14.0. The van der Waals surface area contributed by atoms with Gasteiger partial charge >= 0.3 is 0 Å². The summed E-state index contributed by atoms with van der Waals surface area (Å²) >= 11 is 0. The monoisotopic (exact) mass is 303 g/mol. The number of likely N-dealkylation sites (N-methyl/N-ethyl adjacent to an activating group) is 1. The van der Waals surface area contributed by atoms with Crippen LogP contribution < -0.4 is 9.47 Å². The number of amides is 1. The first-order chi connectivity index (χ1) is 10.8. The Morgan fingerprint density at radius 2 is 2.14 bits per heavy atom. The number of carbonyl (C=O) groups is 1. The van der Waals surface area contributed by atoms with Crippen LogP contribution in [0.2, 0.25) is 0 Å². The number of ether oxygens (including phenoxy) is 2. The lowest BCUT2D eigenvalue weighted by Gasteiger charge is -2.23. The van der Waals surface area contributed by atoms with Gasteiger partial charge in [-0.2, -0.15) is 0 Å². The van der Waals surface area contributed by atoms with Crippen LogP contribution in [0, 0.1) is 0 Å². The van der Waals surface area contributed by atoms with Gasteiger partial charge in [-0.15, -0.1) is 5.10 Å². The molecule has 1 aliphatic heterocycles. The molecule has 1 amide bonds. The summed E-state index contributed by atoms with van der Waals surface area (Å²) in [6.45, 7) is 4.30. The minimum Gasteiger partial charge on any atom is -0.486 e. The Hall–Kier alpha value is -2.64. The maximum absolute atomic E-state index is 12.3. The van der Waals surface area contributed by atoms with Crippen LogP contribution in [0.15, 0.2) is 24.5 Å². The van der Waals surface area contributed by atoms with Crippen LogP contribution >= 0.6 is 0 Å². The zero-order valence-corrected chi connectivity index (χ0v) is 12.3. The van der Waals surface area contributed by atoms with E-state index in [9.17, 15) is 4.79 Å². The first kappa shape index (κ1) is 14.3. The van der Waals surface area contributed by atoms with Gasteiger partial charge in [0.15, 0.2) is 11.5 Å². The number of aromatic nitrogens is 4. The van der Waals surface area contributed by atoms with Crippen molar-refractivity contribution in [2.24, 2.45) is 0 Å². The first-order valence-corrected chi connectivity index (χ1v) is 7.13. The van der Waals surface area contributed by atoms with Crippen molar-refractivity contribution in [2.75, 3.05) is 19.8 Å². The van der Waals surface area contributed by atoms with Crippen molar-refractivity contribution >= 4 is 5.91 Å². The summed E-state index contributed by atoms with van der Waals surface area (Å²) in [6, 6.07) is 5.74. The quantitative estimate of drug-likeness (QED) is 0.799. The topological polar surface area (TPSA) is 82.4 Å². The fourth-order valence-corrected chi connectivity index (χ4v) is 2.27. The fraction of sp³-hybridized carbons (Fsp3) is 0.429. The highest BCUT2D eigenvalue weighted by atomic mass is 16.6. The molecule has 0 fully saturated rings. The van der Waals surface area contributed by atoms with Gasteiger partial charge in [-0.25, -0.2) is 4.68 Å². The SMILES string of the molecule is CCN(Cc1ccc2c(c1)OCCO2)C(=O)Cn1cnnn1.